The molecule has 6 heteroatoms. The van der Waals surface area contributed by atoms with Gasteiger partial charge in [0.1, 0.15) is 0 Å². The highest BCUT2D eigenvalue weighted by atomic mass is 35.5. The highest BCUT2D eigenvalue weighted by molar-refractivity contribution is 5.95. The van der Waals surface area contributed by atoms with Gasteiger partial charge < -0.3 is 15.0 Å². The minimum absolute atomic E-state index is 0. The van der Waals surface area contributed by atoms with Gasteiger partial charge in [0, 0.05) is 45.3 Å². The number of likely N-dealkylation sites (N-methyl/N-ethyl adjacent to an activating group) is 2. The fourth-order valence-corrected chi connectivity index (χ4v) is 2.75. The van der Waals surface area contributed by atoms with Crippen LogP contribution in [-0.2, 0) is 4.74 Å². The lowest BCUT2D eigenvalue weighted by atomic mass is 10.1. The number of halogens is 1. The molecule has 0 saturated carbocycles. The minimum Gasteiger partial charge on any atom is -0.374 e. The number of carbonyl (C=O) groups is 1. The lowest BCUT2D eigenvalue weighted by molar-refractivity contribution is -0.0274. The second kappa shape index (κ2) is 9.88. The van der Waals surface area contributed by atoms with Crippen LogP contribution in [0.15, 0.2) is 24.3 Å². The summed E-state index contributed by atoms with van der Waals surface area (Å²) in [5.74, 6) is 0.0955. The number of aryl methyl sites for hydroxylation is 1. The molecule has 1 aromatic rings. The third-order valence-electron chi connectivity index (χ3n) is 4.13. The molecule has 1 fully saturated rings. The van der Waals surface area contributed by atoms with Crippen molar-refractivity contribution >= 4 is 18.3 Å². The van der Waals surface area contributed by atoms with Gasteiger partial charge in [-0.1, -0.05) is 18.2 Å². The summed E-state index contributed by atoms with van der Waals surface area (Å²) in [5.41, 5.74) is 1.82. The number of nitrogens with zero attached hydrogens (tertiary/aromatic N) is 2. The van der Waals surface area contributed by atoms with Crippen LogP contribution in [0.3, 0.4) is 0 Å². The summed E-state index contributed by atoms with van der Waals surface area (Å²) in [6, 6.07) is 7.75. The van der Waals surface area contributed by atoms with Crippen LogP contribution in [0.4, 0.5) is 0 Å². The normalized spacial score (nSPS) is 18.3. The first-order valence-electron chi connectivity index (χ1n) is 7.91. The van der Waals surface area contributed by atoms with Gasteiger partial charge in [-0.25, -0.2) is 0 Å². The Morgan fingerprint density at radius 3 is 2.87 bits per heavy atom. The summed E-state index contributed by atoms with van der Waals surface area (Å²) in [4.78, 5) is 16.7. The molecular formula is C17H28ClN3O2. The van der Waals surface area contributed by atoms with Crippen molar-refractivity contribution in [1.82, 2.24) is 15.1 Å². The third kappa shape index (κ3) is 5.77. The molecule has 1 aliphatic rings. The number of rotatable bonds is 6. The van der Waals surface area contributed by atoms with E-state index in [-0.39, 0.29) is 24.4 Å². The van der Waals surface area contributed by atoms with Crippen LogP contribution in [0.1, 0.15) is 15.9 Å². The highest BCUT2D eigenvalue weighted by Gasteiger charge is 2.21. The molecule has 1 N–H and O–H groups in total. The monoisotopic (exact) mass is 341 g/mol. The van der Waals surface area contributed by atoms with Crippen LogP contribution >= 0.6 is 12.4 Å². The predicted octanol–water partition coefficient (Wildman–Crippen LogP) is 1.41. The number of benzene rings is 1. The van der Waals surface area contributed by atoms with E-state index in [0.29, 0.717) is 0 Å². The first-order valence-corrected chi connectivity index (χ1v) is 7.91. The van der Waals surface area contributed by atoms with Crippen molar-refractivity contribution in [2.45, 2.75) is 13.0 Å². The number of ether oxygens (including phenoxy) is 1. The Bertz CT molecular complexity index is 496. The molecule has 1 aromatic carbocycles. The summed E-state index contributed by atoms with van der Waals surface area (Å²) >= 11 is 0. The minimum atomic E-state index is 0. The maximum Gasteiger partial charge on any atom is 0.253 e. The van der Waals surface area contributed by atoms with Gasteiger partial charge in [-0.05, 0) is 25.6 Å². The number of hydrogen-bond acceptors (Lipinski definition) is 4. The quantitative estimate of drug-likeness (QED) is 0.849. The van der Waals surface area contributed by atoms with E-state index in [2.05, 4.69) is 10.2 Å². The Hall–Kier alpha value is -1.14. The number of carbonyl (C=O) groups excluding carboxylic acids is 1. The SMILES string of the molecule is CNCC1CN(CCN(C)C(=O)c2ccccc2C)CCO1.Cl. The number of morpholine rings is 1. The van der Waals surface area contributed by atoms with Gasteiger partial charge in [0.15, 0.2) is 0 Å². The molecule has 0 aromatic heterocycles. The van der Waals surface area contributed by atoms with Gasteiger partial charge in [0.05, 0.1) is 12.7 Å². The van der Waals surface area contributed by atoms with Crippen LogP contribution < -0.4 is 5.32 Å². The van der Waals surface area contributed by atoms with Gasteiger partial charge in [-0.3, -0.25) is 9.69 Å². The molecule has 1 aliphatic heterocycles. The highest BCUT2D eigenvalue weighted by Crippen LogP contribution is 2.10. The fourth-order valence-electron chi connectivity index (χ4n) is 2.75. The lowest BCUT2D eigenvalue weighted by Gasteiger charge is -2.33. The lowest BCUT2D eigenvalue weighted by Crippen LogP contribution is -2.48. The zero-order chi connectivity index (χ0) is 15.9. The average Bonchev–Trinajstić information content (AvgIpc) is 2.53. The summed E-state index contributed by atoms with van der Waals surface area (Å²) in [5, 5.41) is 3.15. The molecule has 0 aliphatic carbocycles. The summed E-state index contributed by atoms with van der Waals surface area (Å²) < 4.78 is 5.70. The molecular weight excluding hydrogens is 314 g/mol. The van der Waals surface area contributed by atoms with E-state index in [4.69, 9.17) is 4.74 Å². The van der Waals surface area contributed by atoms with E-state index in [0.717, 1.165) is 50.5 Å². The third-order valence-corrected chi connectivity index (χ3v) is 4.13. The van der Waals surface area contributed by atoms with Crippen LogP contribution in [0, 0.1) is 6.92 Å². The van der Waals surface area contributed by atoms with Crippen molar-refractivity contribution in [2.75, 3.05) is 53.4 Å². The molecule has 0 spiro atoms. The molecule has 1 unspecified atom stereocenters. The van der Waals surface area contributed by atoms with E-state index in [1.807, 2.05) is 50.2 Å². The van der Waals surface area contributed by atoms with Crippen LogP contribution in [-0.4, -0.2) is 75.2 Å². The predicted molar refractivity (Wildman–Crippen MR) is 95.5 cm³/mol. The van der Waals surface area contributed by atoms with Gasteiger partial charge in [0.2, 0.25) is 0 Å². The zero-order valence-electron chi connectivity index (χ0n) is 14.2. The first kappa shape index (κ1) is 19.9. The maximum absolute atomic E-state index is 12.5. The Kier molecular flexibility index (Phi) is 8.55. The molecule has 2 rings (SSSR count). The van der Waals surface area contributed by atoms with Crippen molar-refractivity contribution in [3.63, 3.8) is 0 Å². The number of hydrogen-bond donors (Lipinski definition) is 1. The topological polar surface area (TPSA) is 44.8 Å². The van der Waals surface area contributed by atoms with E-state index in [1.54, 1.807) is 0 Å². The van der Waals surface area contributed by atoms with E-state index in [1.165, 1.54) is 0 Å². The molecule has 1 heterocycles. The standard InChI is InChI=1S/C17H27N3O2.ClH/c1-14-6-4-5-7-16(14)17(21)19(3)8-9-20-10-11-22-15(13-20)12-18-2;/h4-7,15,18H,8-13H2,1-3H3;1H. The van der Waals surface area contributed by atoms with Crippen molar-refractivity contribution in [2.24, 2.45) is 0 Å². The average molecular weight is 342 g/mol. The van der Waals surface area contributed by atoms with Gasteiger partial charge in [-0.15, -0.1) is 12.4 Å². The largest absolute Gasteiger partial charge is 0.374 e. The van der Waals surface area contributed by atoms with Gasteiger partial charge >= 0.3 is 0 Å². The molecule has 1 saturated heterocycles. The molecule has 0 bridgehead atoms. The number of amides is 1. The van der Waals surface area contributed by atoms with Crippen molar-refractivity contribution in [3.8, 4) is 0 Å². The second-order valence-corrected chi connectivity index (χ2v) is 5.89. The number of nitrogens with one attached hydrogen (secondary N) is 1. The zero-order valence-corrected chi connectivity index (χ0v) is 15.1. The van der Waals surface area contributed by atoms with Crippen LogP contribution in [0.25, 0.3) is 0 Å². The van der Waals surface area contributed by atoms with Crippen LogP contribution in [0.5, 0.6) is 0 Å². The Morgan fingerprint density at radius 1 is 1.43 bits per heavy atom. The second-order valence-electron chi connectivity index (χ2n) is 5.89. The van der Waals surface area contributed by atoms with Gasteiger partial charge in [0.25, 0.3) is 5.91 Å². The Labute approximate surface area is 145 Å². The molecule has 23 heavy (non-hydrogen) atoms. The summed E-state index contributed by atoms with van der Waals surface area (Å²) in [7, 11) is 3.82. The fraction of sp³-hybridized carbons (Fsp3) is 0.588. The van der Waals surface area contributed by atoms with Gasteiger partial charge in [-0.2, -0.15) is 0 Å². The Balaban J connectivity index is 0.00000264. The van der Waals surface area contributed by atoms with E-state index < -0.39 is 0 Å². The molecule has 1 atom stereocenters. The van der Waals surface area contributed by atoms with Crippen LogP contribution in [0.2, 0.25) is 0 Å². The van der Waals surface area contributed by atoms with Crippen molar-refractivity contribution in [1.29, 1.82) is 0 Å². The summed E-state index contributed by atoms with van der Waals surface area (Å²) in [6.45, 7) is 7.10. The van der Waals surface area contributed by atoms with Crippen molar-refractivity contribution < 1.29 is 9.53 Å². The molecule has 0 radical (unpaired) electrons. The molecule has 5 nitrogen and oxygen atoms in total. The maximum atomic E-state index is 12.5. The van der Waals surface area contributed by atoms with E-state index in [9.17, 15) is 4.79 Å². The first-order chi connectivity index (χ1) is 10.6. The van der Waals surface area contributed by atoms with E-state index >= 15 is 0 Å². The summed E-state index contributed by atoms with van der Waals surface area (Å²) in [6.07, 6.45) is 0.246. The molecule has 1 amide bonds. The smallest absolute Gasteiger partial charge is 0.253 e. The molecule has 130 valence electrons. The van der Waals surface area contributed by atoms with Crippen molar-refractivity contribution in [3.05, 3.63) is 35.4 Å². The Morgan fingerprint density at radius 2 is 2.17 bits per heavy atom.